The van der Waals surface area contributed by atoms with E-state index in [2.05, 4.69) is 5.32 Å². The van der Waals surface area contributed by atoms with Crippen molar-refractivity contribution in [1.29, 1.82) is 0 Å². The van der Waals surface area contributed by atoms with Crippen LogP contribution in [0.4, 0.5) is 10.1 Å². The Balaban J connectivity index is 1.95. The number of esters is 1. The lowest BCUT2D eigenvalue weighted by atomic mass is 10.2. The minimum Gasteiger partial charge on any atom is -0.507 e. The Labute approximate surface area is 131 Å². The van der Waals surface area contributed by atoms with Gasteiger partial charge in [-0.1, -0.05) is 6.07 Å². The van der Waals surface area contributed by atoms with E-state index in [1.807, 2.05) is 0 Å². The Kier molecular flexibility index (Phi) is 5.14. The molecule has 7 heteroatoms. The van der Waals surface area contributed by atoms with Crippen LogP contribution in [0.3, 0.4) is 0 Å². The van der Waals surface area contributed by atoms with Gasteiger partial charge in [0.05, 0.1) is 7.11 Å². The van der Waals surface area contributed by atoms with Gasteiger partial charge in [0, 0.05) is 5.69 Å². The van der Waals surface area contributed by atoms with E-state index in [-0.39, 0.29) is 17.0 Å². The zero-order chi connectivity index (χ0) is 16.8. The Bertz CT molecular complexity index is 732. The lowest BCUT2D eigenvalue weighted by Crippen LogP contribution is -2.21. The van der Waals surface area contributed by atoms with E-state index in [0.29, 0.717) is 5.75 Å². The quantitative estimate of drug-likeness (QED) is 0.826. The van der Waals surface area contributed by atoms with E-state index < -0.39 is 24.3 Å². The van der Waals surface area contributed by atoms with Gasteiger partial charge < -0.3 is 19.9 Å². The van der Waals surface area contributed by atoms with E-state index in [0.717, 1.165) is 6.07 Å². The number of rotatable bonds is 5. The molecule has 0 saturated heterocycles. The van der Waals surface area contributed by atoms with Crippen LogP contribution in [0.2, 0.25) is 0 Å². The van der Waals surface area contributed by atoms with Gasteiger partial charge in [-0.15, -0.1) is 0 Å². The van der Waals surface area contributed by atoms with E-state index >= 15 is 0 Å². The van der Waals surface area contributed by atoms with Crippen LogP contribution in [0.15, 0.2) is 42.5 Å². The largest absolute Gasteiger partial charge is 0.507 e. The number of hydrogen-bond acceptors (Lipinski definition) is 5. The average Bonchev–Trinajstić information content (AvgIpc) is 2.53. The van der Waals surface area contributed by atoms with Gasteiger partial charge in [0.15, 0.2) is 6.61 Å². The number of methoxy groups -OCH3 is 1. The Morgan fingerprint density at radius 2 is 2.00 bits per heavy atom. The summed E-state index contributed by atoms with van der Waals surface area (Å²) in [7, 11) is 1.41. The number of aromatic hydroxyl groups is 1. The third-order valence-corrected chi connectivity index (χ3v) is 2.87. The first-order valence-electron chi connectivity index (χ1n) is 6.59. The maximum absolute atomic E-state index is 13.0. The summed E-state index contributed by atoms with van der Waals surface area (Å²) < 4.78 is 22.7. The Hall–Kier alpha value is -3.09. The van der Waals surface area contributed by atoms with Gasteiger partial charge in [0.1, 0.15) is 22.9 Å². The predicted octanol–water partition coefficient (Wildman–Crippen LogP) is 2.34. The number of nitrogens with one attached hydrogen (secondary N) is 1. The minimum absolute atomic E-state index is 0.122. The molecular weight excluding hydrogens is 305 g/mol. The average molecular weight is 319 g/mol. The molecule has 0 unspecified atom stereocenters. The molecule has 6 nitrogen and oxygen atoms in total. The van der Waals surface area contributed by atoms with Crippen LogP contribution in [-0.2, 0) is 9.53 Å². The summed E-state index contributed by atoms with van der Waals surface area (Å²) in [5.74, 6) is -1.94. The van der Waals surface area contributed by atoms with E-state index in [9.17, 15) is 19.1 Å². The summed E-state index contributed by atoms with van der Waals surface area (Å²) in [5, 5.41) is 12.0. The highest BCUT2D eigenvalue weighted by molar-refractivity contribution is 5.96. The Morgan fingerprint density at radius 3 is 2.70 bits per heavy atom. The summed E-state index contributed by atoms with van der Waals surface area (Å²) in [6.45, 7) is -0.577. The second-order valence-corrected chi connectivity index (χ2v) is 4.52. The molecule has 0 aliphatic rings. The first kappa shape index (κ1) is 16.3. The number of amides is 1. The molecule has 0 spiro atoms. The second-order valence-electron chi connectivity index (χ2n) is 4.52. The molecule has 0 aliphatic heterocycles. The molecule has 23 heavy (non-hydrogen) atoms. The normalized spacial score (nSPS) is 10.0. The molecule has 0 aliphatic carbocycles. The Morgan fingerprint density at radius 1 is 1.22 bits per heavy atom. The van der Waals surface area contributed by atoms with Crippen LogP contribution in [0, 0.1) is 5.82 Å². The molecule has 1 amide bonds. The fraction of sp³-hybridized carbons (Fsp3) is 0.125. The molecule has 0 fully saturated rings. The van der Waals surface area contributed by atoms with Crippen LogP contribution < -0.4 is 10.1 Å². The van der Waals surface area contributed by atoms with Gasteiger partial charge in [-0.2, -0.15) is 0 Å². The number of phenolic OH excluding ortho intramolecular Hbond substituents is 1. The fourth-order valence-electron chi connectivity index (χ4n) is 1.78. The highest BCUT2D eigenvalue weighted by Gasteiger charge is 2.15. The van der Waals surface area contributed by atoms with E-state index in [4.69, 9.17) is 9.47 Å². The van der Waals surface area contributed by atoms with Gasteiger partial charge >= 0.3 is 5.97 Å². The predicted molar refractivity (Wildman–Crippen MR) is 80.0 cm³/mol. The zero-order valence-electron chi connectivity index (χ0n) is 12.2. The van der Waals surface area contributed by atoms with Gasteiger partial charge in [-0.05, 0) is 36.4 Å². The number of hydrogen-bond donors (Lipinski definition) is 2. The van der Waals surface area contributed by atoms with Gasteiger partial charge in [-0.3, -0.25) is 4.79 Å². The molecule has 0 radical (unpaired) electrons. The summed E-state index contributed by atoms with van der Waals surface area (Å²) in [6.07, 6.45) is 0. The summed E-state index contributed by atoms with van der Waals surface area (Å²) >= 11 is 0. The third kappa shape index (κ3) is 4.44. The first-order valence-corrected chi connectivity index (χ1v) is 6.59. The number of phenols is 1. The van der Waals surface area contributed by atoms with Crippen LogP contribution >= 0.6 is 0 Å². The second kappa shape index (κ2) is 7.26. The van der Waals surface area contributed by atoms with Crippen LogP contribution in [0.25, 0.3) is 0 Å². The van der Waals surface area contributed by atoms with Crippen molar-refractivity contribution < 1.29 is 28.6 Å². The standard InChI is InChI=1S/C16H14FNO5/c1-22-12-5-6-14(19)13(8-12)16(21)23-9-15(20)18-11-4-2-3-10(17)7-11/h2-8,19H,9H2,1H3,(H,18,20). The topological polar surface area (TPSA) is 84.9 Å². The van der Waals surface area contributed by atoms with Gasteiger partial charge in [0.25, 0.3) is 5.91 Å². The molecule has 2 aromatic rings. The maximum atomic E-state index is 13.0. The molecule has 0 saturated carbocycles. The van der Waals surface area contributed by atoms with Crippen molar-refractivity contribution in [1.82, 2.24) is 0 Å². The van der Waals surface area contributed by atoms with Crippen molar-refractivity contribution in [2.45, 2.75) is 0 Å². The summed E-state index contributed by atoms with van der Waals surface area (Å²) in [6, 6.07) is 9.35. The molecule has 0 heterocycles. The van der Waals surface area contributed by atoms with Crippen LogP contribution in [0.5, 0.6) is 11.5 Å². The molecule has 0 atom stereocenters. The zero-order valence-corrected chi connectivity index (χ0v) is 12.2. The summed E-state index contributed by atoms with van der Waals surface area (Å²) in [4.78, 5) is 23.5. The number of carbonyl (C=O) groups is 2. The van der Waals surface area contributed by atoms with Crippen molar-refractivity contribution in [3.63, 3.8) is 0 Å². The van der Waals surface area contributed by atoms with Crippen molar-refractivity contribution in [2.24, 2.45) is 0 Å². The van der Waals surface area contributed by atoms with Crippen molar-refractivity contribution in [3.05, 3.63) is 53.8 Å². The number of anilines is 1. The molecule has 2 N–H and O–H groups in total. The molecule has 2 aromatic carbocycles. The number of benzene rings is 2. The van der Waals surface area contributed by atoms with Gasteiger partial charge in [-0.25, -0.2) is 9.18 Å². The highest BCUT2D eigenvalue weighted by atomic mass is 19.1. The monoisotopic (exact) mass is 319 g/mol. The van der Waals surface area contributed by atoms with Crippen LogP contribution in [-0.4, -0.2) is 30.7 Å². The smallest absolute Gasteiger partial charge is 0.342 e. The number of ether oxygens (including phenoxy) is 2. The molecule has 2 rings (SSSR count). The lowest BCUT2D eigenvalue weighted by molar-refractivity contribution is -0.119. The lowest BCUT2D eigenvalue weighted by Gasteiger charge is -2.08. The van der Waals surface area contributed by atoms with Crippen LogP contribution in [0.1, 0.15) is 10.4 Å². The number of carbonyl (C=O) groups excluding carboxylic acids is 2. The van der Waals surface area contributed by atoms with Crippen molar-refractivity contribution in [2.75, 3.05) is 19.0 Å². The molecule has 0 bridgehead atoms. The SMILES string of the molecule is COc1ccc(O)c(C(=O)OCC(=O)Nc2cccc(F)c2)c1. The fourth-order valence-corrected chi connectivity index (χ4v) is 1.78. The van der Waals surface area contributed by atoms with Crippen molar-refractivity contribution >= 4 is 17.6 Å². The minimum atomic E-state index is -0.879. The first-order chi connectivity index (χ1) is 11.0. The molecular formula is C16H14FNO5. The third-order valence-electron chi connectivity index (χ3n) is 2.87. The molecule has 0 aromatic heterocycles. The maximum Gasteiger partial charge on any atom is 0.342 e. The molecule has 120 valence electrons. The van der Waals surface area contributed by atoms with Gasteiger partial charge in [0.2, 0.25) is 0 Å². The highest BCUT2D eigenvalue weighted by Crippen LogP contribution is 2.23. The van der Waals surface area contributed by atoms with E-state index in [1.54, 1.807) is 0 Å². The number of halogens is 1. The van der Waals surface area contributed by atoms with Crippen molar-refractivity contribution in [3.8, 4) is 11.5 Å². The summed E-state index contributed by atoms with van der Waals surface area (Å²) in [5.41, 5.74) is 0.123. The van der Waals surface area contributed by atoms with E-state index in [1.165, 1.54) is 43.5 Å².